The van der Waals surface area contributed by atoms with Crippen molar-refractivity contribution in [1.29, 1.82) is 0 Å². The molecule has 0 bridgehead atoms. The van der Waals surface area contributed by atoms with Crippen LogP contribution in [0.15, 0.2) is 84.9 Å². The number of hydrogen-bond acceptors (Lipinski definition) is 1. The Bertz CT molecular complexity index is 838. The molecular formula is C25H29ClN2O+2. The standard InChI is InChI=1S/C25H27ClN2O/c26-23-13-11-20(12-14-23)24(29)19-27-15-17-28(18-16-27)25(21-7-3-1-4-8-21)22-9-5-2-6-10-22/h1-14,24-25,29H,15-19H2/p+2/t24-/m1/s1. The van der Waals surface area contributed by atoms with Crippen molar-refractivity contribution in [2.75, 3.05) is 32.7 Å². The number of piperazine rings is 1. The molecule has 3 aromatic carbocycles. The summed E-state index contributed by atoms with van der Waals surface area (Å²) in [6, 6.07) is 29.6. The Morgan fingerprint density at radius 2 is 1.21 bits per heavy atom. The molecule has 0 unspecified atom stereocenters. The summed E-state index contributed by atoms with van der Waals surface area (Å²) in [6.45, 7) is 5.07. The number of hydrogen-bond donors (Lipinski definition) is 3. The van der Waals surface area contributed by atoms with Gasteiger partial charge in [-0.1, -0.05) is 84.4 Å². The molecule has 3 N–H and O–H groups in total. The third-order valence-corrected chi connectivity index (χ3v) is 6.26. The van der Waals surface area contributed by atoms with Gasteiger partial charge in [0.2, 0.25) is 0 Å². The lowest BCUT2D eigenvalue weighted by molar-refractivity contribution is -1.03. The van der Waals surface area contributed by atoms with E-state index in [1.165, 1.54) is 16.0 Å². The highest BCUT2D eigenvalue weighted by molar-refractivity contribution is 6.30. The van der Waals surface area contributed by atoms with Gasteiger partial charge in [0.1, 0.15) is 44.9 Å². The van der Waals surface area contributed by atoms with Gasteiger partial charge in [0, 0.05) is 16.1 Å². The highest BCUT2D eigenvalue weighted by Gasteiger charge is 2.32. The molecule has 1 aliphatic rings. The minimum absolute atomic E-state index is 0.361. The van der Waals surface area contributed by atoms with E-state index >= 15 is 0 Å². The fourth-order valence-electron chi connectivity index (χ4n) is 4.45. The highest BCUT2D eigenvalue weighted by Crippen LogP contribution is 2.19. The van der Waals surface area contributed by atoms with Gasteiger partial charge in [0.05, 0.1) is 0 Å². The predicted molar refractivity (Wildman–Crippen MR) is 117 cm³/mol. The summed E-state index contributed by atoms with van der Waals surface area (Å²) in [5, 5.41) is 11.3. The third kappa shape index (κ3) is 5.06. The van der Waals surface area contributed by atoms with Gasteiger partial charge < -0.3 is 14.9 Å². The molecule has 29 heavy (non-hydrogen) atoms. The Morgan fingerprint density at radius 1 is 0.690 bits per heavy atom. The minimum atomic E-state index is -0.442. The lowest BCUT2D eigenvalue weighted by Crippen LogP contribution is -3.28. The second kappa shape index (κ2) is 9.55. The van der Waals surface area contributed by atoms with Crippen molar-refractivity contribution in [2.45, 2.75) is 12.1 Å². The Morgan fingerprint density at radius 3 is 1.72 bits per heavy atom. The fourth-order valence-corrected chi connectivity index (χ4v) is 4.57. The smallest absolute Gasteiger partial charge is 0.139 e. The lowest BCUT2D eigenvalue weighted by atomic mass is 9.96. The number of halogens is 1. The molecule has 0 saturated carbocycles. The summed E-state index contributed by atoms with van der Waals surface area (Å²) >= 11 is 5.97. The maximum atomic E-state index is 10.6. The van der Waals surface area contributed by atoms with E-state index in [-0.39, 0.29) is 0 Å². The SMILES string of the molecule is O[C@H](C[NH+]1CC[NH+](C(c2ccccc2)c2ccccc2)CC1)c1ccc(Cl)cc1. The highest BCUT2D eigenvalue weighted by atomic mass is 35.5. The topological polar surface area (TPSA) is 29.1 Å². The third-order valence-electron chi connectivity index (χ3n) is 6.01. The quantitative estimate of drug-likeness (QED) is 0.571. The first kappa shape index (κ1) is 20.1. The van der Waals surface area contributed by atoms with E-state index in [1.807, 2.05) is 24.3 Å². The van der Waals surface area contributed by atoms with Crippen LogP contribution in [-0.4, -0.2) is 37.8 Å². The summed E-state index contributed by atoms with van der Waals surface area (Å²) in [5.74, 6) is 0. The van der Waals surface area contributed by atoms with Gasteiger partial charge in [-0.15, -0.1) is 0 Å². The lowest BCUT2D eigenvalue weighted by Gasteiger charge is -2.35. The van der Waals surface area contributed by atoms with Crippen molar-refractivity contribution in [3.05, 3.63) is 107 Å². The van der Waals surface area contributed by atoms with Crippen LogP contribution < -0.4 is 9.80 Å². The van der Waals surface area contributed by atoms with Crippen molar-refractivity contribution in [3.63, 3.8) is 0 Å². The monoisotopic (exact) mass is 408 g/mol. The molecule has 1 heterocycles. The molecule has 0 amide bonds. The summed E-state index contributed by atoms with van der Waals surface area (Å²) in [5.41, 5.74) is 3.69. The molecule has 0 aliphatic carbocycles. The van der Waals surface area contributed by atoms with E-state index in [0.29, 0.717) is 11.1 Å². The fraction of sp³-hybridized carbons (Fsp3) is 0.280. The Kier molecular flexibility index (Phi) is 6.63. The molecule has 3 nitrogen and oxygen atoms in total. The molecule has 0 aromatic heterocycles. The van der Waals surface area contributed by atoms with Crippen LogP contribution in [0, 0.1) is 0 Å². The Hall–Kier alpha value is -2.17. The molecule has 1 atom stereocenters. The summed E-state index contributed by atoms with van der Waals surface area (Å²) < 4.78 is 0. The van der Waals surface area contributed by atoms with Crippen LogP contribution >= 0.6 is 11.6 Å². The van der Waals surface area contributed by atoms with Gasteiger partial charge in [0.25, 0.3) is 0 Å². The van der Waals surface area contributed by atoms with Crippen LogP contribution in [0.3, 0.4) is 0 Å². The van der Waals surface area contributed by atoms with Crippen molar-refractivity contribution in [1.82, 2.24) is 0 Å². The summed E-state index contributed by atoms with van der Waals surface area (Å²) in [7, 11) is 0. The maximum Gasteiger partial charge on any atom is 0.139 e. The second-order valence-electron chi connectivity index (χ2n) is 7.93. The van der Waals surface area contributed by atoms with Crippen LogP contribution in [0.25, 0.3) is 0 Å². The Labute approximate surface area is 178 Å². The number of nitrogens with one attached hydrogen (secondary N) is 2. The van der Waals surface area contributed by atoms with Gasteiger partial charge in [-0.25, -0.2) is 0 Å². The molecule has 0 radical (unpaired) electrons. The predicted octanol–water partition coefficient (Wildman–Crippen LogP) is 1.95. The molecule has 1 aliphatic heterocycles. The average Bonchev–Trinajstić information content (AvgIpc) is 2.77. The number of benzene rings is 3. The average molecular weight is 409 g/mol. The molecule has 4 rings (SSSR count). The zero-order chi connectivity index (χ0) is 20.1. The summed E-state index contributed by atoms with van der Waals surface area (Å²) in [6.07, 6.45) is -0.442. The first-order valence-corrected chi connectivity index (χ1v) is 10.8. The molecule has 0 spiro atoms. The first-order chi connectivity index (χ1) is 14.2. The largest absolute Gasteiger partial charge is 0.382 e. The van der Waals surface area contributed by atoms with Gasteiger partial charge in [-0.3, -0.25) is 0 Å². The molecular weight excluding hydrogens is 380 g/mol. The minimum Gasteiger partial charge on any atom is -0.382 e. The van der Waals surface area contributed by atoms with Crippen molar-refractivity contribution >= 4 is 11.6 Å². The van der Waals surface area contributed by atoms with Gasteiger partial charge in [-0.05, 0) is 17.7 Å². The van der Waals surface area contributed by atoms with Crippen LogP contribution in [0.1, 0.15) is 28.8 Å². The van der Waals surface area contributed by atoms with E-state index in [1.54, 1.807) is 4.90 Å². The number of quaternary nitrogens is 2. The van der Waals surface area contributed by atoms with E-state index in [9.17, 15) is 5.11 Å². The Balaban J connectivity index is 1.42. The maximum absolute atomic E-state index is 10.6. The van der Waals surface area contributed by atoms with Gasteiger partial charge in [-0.2, -0.15) is 0 Å². The van der Waals surface area contributed by atoms with E-state index in [2.05, 4.69) is 60.7 Å². The molecule has 4 heteroatoms. The van der Waals surface area contributed by atoms with Gasteiger partial charge >= 0.3 is 0 Å². The van der Waals surface area contributed by atoms with Crippen molar-refractivity contribution < 1.29 is 14.9 Å². The van der Waals surface area contributed by atoms with Crippen molar-refractivity contribution in [2.24, 2.45) is 0 Å². The number of rotatable bonds is 6. The second-order valence-corrected chi connectivity index (χ2v) is 8.37. The first-order valence-electron chi connectivity index (χ1n) is 10.4. The molecule has 3 aromatic rings. The van der Waals surface area contributed by atoms with E-state index < -0.39 is 6.10 Å². The molecule has 1 fully saturated rings. The zero-order valence-corrected chi connectivity index (χ0v) is 17.4. The molecule has 1 saturated heterocycles. The van der Waals surface area contributed by atoms with Crippen LogP contribution in [0.4, 0.5) is 0 Å². The van der Waals surface area contributed by atoms with E-state index in [0.717, 1.165) is 38.3 Å². The normalized spacial score (nSPS) is 20.5. The zero-order valence-electron chi connectivity index (χ0n) is 16.6. The van der Waals surface area contributed by atoms with Crippen molar-refractivity contribution in [3.8, 4) is 0 Å². The number of aliphatic hydroxyl groups is 1. The van der Waals surface area contributed by atoms with E-state index in [4.69, 9.17) is 11.6 Å². The molecule has 150 valence electrons. The van der Waals surface area contributed by atoms with Crippen LogP contribution in [0.2, 0.25) is 5.02 Å². The summed E-state index contributed by atoms with van der Waals surface area (Å²) in [4.78, 5) is 3.07. The van der Waals surface area contributed by atoms with Crippen LogP contribution in [0.5, 0.6) is 0 Å². The van der Waals surface area contributed by atoms with Gasteiger partial charge in [0.15, 0.2) is 0 Å². The van der Waals surface area contributed by atoms with Crippen LogP contribution in [-0.2, 0) is 0 Å². The number of aliphatic hydroxyl groups excluding tert-OH is 1.